The van der Waals surface area contributed by atoms with Gasteiger partial charge in [-0.1, -0.05) is 12.1 Å². The molecule has 0 aliphatic carbocycles. The van der Waals surface area contributed by atoms with E-state index in [1.165, 1.54) is 39.1 Å². The van der Waals surface area contributed by atoms with Crippen molar-refractivity contribution in [3.05, 3.63) is 29.8 Å². The Kier molecular flexibility index (Phi) is 4.65. The summed E-state index contributed by atoms with van der Waals surface area (Å²) >= 11 is 0. The Labute approximate surface area is 114 Å². The molecule has 0 radical (unpaired) electrons. The van der Waals surface area contributed by atoms with Gasteiger partial charge in [0.25, 0.3) is 5.91 Å². The van der Waals surface area contributed by atoms with Crippen LogP contribution in [0.5, 0.6) is 5.75 Å². The zero-order chi connectivity index (χ0) is 15.6. The SMILES string of the molecule is CN(CC(C)(C)O)C(=O)c1ccccc1OC(F)(F)F. The number of ether oxygens (including phenoxy) is 1. The van der Waals surface area contributed by atoms with Crippen molar-refractivity contribution >= 4 is 5.91 Å². The average molecular weight is 291 g/mol. The molecule has 1 aromatic rings. The first kappa shape index (κ1) is 16.3. The van der Waals surface area contributed by atoms with Crippen LogP contribution in [0.15, 0.2) is 24.3 Å². The van der Waals surface area contributed by atoms with E-state index in [1.807, 2.05) is 0 Å². The van der Waals surface area contributed by atoms with Gasteiger partial charge in [-0.15, -0.1) is 13.2 Å². The lowest BCUT2D eigenvalue weighted by molar-refractivity contribution is -0.274. The summed E-state index contributed by atoms with van der Waals surface area (Å²) < 4.78 is 40.6. The lowest BCUT2D eigenvalue weighted by Crippen LogP contribution is -2.40. The van der Waals surface area contributed by atoms with Crippen LogP contribution in [0.2, 0.25) is 0 Å². The summed E-state index contributed by atoms with van der Waals surface area (Å²) in [5.41, 5.74) is -1.36. The van der Waals surface area contributed by atoms with Gasteiger partial charge in [-0.3, -0.25) is 4.79 Å². The Morgan fingerprint density at radius 1 is 1.30 bits per heavy atom. The number of rotatable bonds is 4. The molecule has 0 spiro atoms. The van der Waals surface area contributed by atoms with Crippen LogP contribution in [-0.4, -0.2) is 41.5 Å². The van der Waals surface area contributed by atoms with Crippen LogP contribution in [-0.2, 0) is 0 Å². The highest BCUT2D eigenvalue weighted by molar-refractivity contribution is 5.96. The van der Waals surface area contributed by atoms with Gasteiger partial charge in [0.1, 0.15) is 5.75 Å². The smallest absolute Gasteiger partial charge is 0.405 e. The van der Waals surface area contributed by atoms with Crippen molar-refractivity contribution in [1.82, 2.24) is 4.90 Å². The summed E-state index contributed by atoms with van der Waals surface area (Å²) in [6, 6.07) is 5.09. The summed E-state index contributed by atoms with van der Waals surface area (Å²) in [5.74, 6) is -1.22. The highest BCUT2D eigenvalue weighted by atomic mass is 19.4. The van der Waals surface area contributed by atoms with Crippen LogP contribution in [0.3, 0.4) is 0 Å². The normalized spacial score (nSPS) is 12.2. The molecule has 0 bridgehead atoms. The van der Waals surface area contributed by atoms with Crippen molar-refractivity contribution in [1.29, 1.82) is 0 Å². The Morgan fingerprint density at radius 2 is 1.85 bits per heavy atom. The van der Waals surface area contributed by atoms with Crippen LogP contribution in [0, 0.1) is 0 Å². The molecule has 0 aliphatic heterocycles. The van der Waals surface area contributed by atoms with Crippen LogP contribution in [0.1, 0.15) is 24.2 Å². The van der Waals surface area contributed by atoms with Gasteiger partial charge in [0.15, 0.2) is 0 Å². The van der Waals surface area contributed by atoms with Crippen molar-refractivity contribution in [2.45, 2.75) is 25.8 Å². The first-order valence-electron chi connectivity index (χ1n) is 5.82. The second-order valence-electron chi connectivity index (χ2n) is 5.02. The van der Waals surface area contributed by atoms with Gasteiger partial charge in [0.2, 0.25) is 0 Å². The summed E-state index contributed by atoms with van der Waals surface area (Å²) in [6.45, 7) is 2.97. The summed E-state index contributed by atoms with van der Waals surface area (Å²) in [7, 11) is 1.39. The van der Waals surface area contributed by atoms with E-state index in [0.29, 0.717) is 0 Å². The predicted octanol–water partition coefficient (Wildman–Crippen LogP) is 2.43. The minimum absolute atomic E-state index is 0.0216. The fourth-order valence-corrected chi connectivity index (χ4v) is 1.71. The second-order valence-corrected chi connectivity index (χ2v) is 5.02. The minimum Gasteiger partial charge on any atom is -0.405 e. The van der Waals surface area contributed by atoms with Crippen LogP contribution in [0.25, 0.3) is 0 Å². The summed E-state index contributed by atoms with van der Waals surface area (Å²) in [6.07, 6.45) is -4.87. The van der Waals surface area contributed by atoms with Gasteiger partial charge in [-0.25, -0.2) is 0 Å². The maximum absolute atomic E-state index is 12.3. The molecule has 0 aromatic heterocycles. The molecule has 0 fully saturated rings. The molecule has 0 atom stereocenters. The van der Waals surface area contributed by atoms with E-state index >= 15 is 0 Å². The summed E-state index contributed by atoms with van der Waals surface area (Å²) in [4.78, 5) is 13.2. The first-order chi connectivity index (χ1) is 8.99. The number of likely N-dealkylation sites (N-methyl/N-ethyl adjacent to an activating group) is 1. The van der Waals surface area contributed by atoms with Crippen LogP contribution >= 0.6 is 0 Å². The maximum Gasteiger partial charge on any atom is 0.573 e. The number of hydrogen-bond donors (Lipinski definition) is 1. The third-order valence-corrected chi connectivity index (χ3v) is 2.31. The number of aliphatic hydroxyl groups is 1. The second kappa shape index (κ2) is 5.70. The number of nitrogens with zero attached hydrogens (tertiary/aromatic N) is 1. The van der Waals surface area contributed by atoms with Gasteiger partial charge >= 0.3 is 6.36 Å². The topological polar surface area (TPSA) is 49.8 Å². The molecule has 1 N–H and O–H groups in total. The van der Waals surface area contributed by atoms with Crippen molar-refractivity contribution in [2.24, 2.45) is 0 Å². The van der Waals surface area contributed by atoms with E-state index in [0.717, 1.165) is 11.0 Å². The largest absolute Gasteiger partial charge is 0.573 e. The van der Waals surface area contributed by atoms with Gasteiger partial charge in [0, 0.05) is 13.6 Å². The quantitative estimate of drug-likeness (QED) is 0.927. The van der Waals surface area contributed by atoms with Gasteiger partial charge in [0.05, 0.1) is 11.2 Å². The van der Waals surface area contributed by atoms with E-state index in [4.69, 9.17) is 0 Å². The maximum atomic E-state index is 12.3. The van der Waals surface area contributed by atoms with E-state index in [2.05, 4.69) is 4.74 Å². The standard InChI is InChI=1S/C13H16F3NO3/c1-12(2,19)8-17(3)11(18)9-6-4-5-7-10(9)20-13(14,15)16/h4-7,19H,8H2,1-3H3. The Morgan fingerprint density at radius 3 is 2.35 bits per heavy atom. The Bertz CT molecular complexity index is 480. The molecule has 20 heavy (non-hydrogen) atoms. The molecule has 7 heteroatoms. The molecule has 0 aliphatic rings. The van der Waals surface area contributed by atoms with Crippen molar-refractivity contribution in [3.63, 3.8) is 0 Å². The average Bonchev–Trinajstić information content (AvgIpc) is 2.24. The number of carbonyl (C=O) groups excluding carboxylic acids is 1. The van der Waals surface area contributed by atoms with Gasteiger partial charge in [-0.05, 0) is 26.0 Å². The molecular weight excluding hydrogens is 275 g/mol. The molecule has 0 heterocycles. The zero-order valence-corrected chi connectivity index (χ0v) is 11.4. The monoisotopic (exact) mass is 291 g/mol. The number of amides is 1. The number of carbonyl (C=O) groups is 1. The molecule has 1 rings (SSSR count). The van der Waals surface area contributed by atoms with Gasteiger partial charge in [-0.2, -0.15) is 0 Å². The van der Waals surface area contributed by atoms with Crippen molar-refractivity contribution < 1.29 is 27.8 Å². The third kappa shape index (κ3) is 5.08. The lowest BCUT2D eigenvalue weighted by Gasteiger charge is -2.26. The number of alkyl halides is 3. The van der Waals surface area contributed by atoms with Gasteiger partial charge < -0.3 is 14.7 Å². The molecule has 0 saturated carbocycles. The summed E-state index contributed by atoms with van der Waals surface area (Å²) in [5, 5.41) is 9.63. The van der Waals surface area contributed by atoms with E-state index in [-0.39, 0.29) is 12.1 Å². The number of para-hydroxylation sites is 1. The molecule has 0 saturated heterocycles. The number of benzene rings is 1. The minimum atomic E-state index is -4.87. The fraction of sp³-hybridized carbons (Fsp3) is 0.462. The molecular formula is C13H16F3NO3. The van der Waals surface area contributed by atoms with E-state index in [9.17, 15) is 23.1 Å². The highest BCUT2D eigenvalue weighted by Crippen LogP contribution is 2.27. The molecule has 112 valence electrons. The Balaban J connectivity index is 2.99. The van der Waals surface area contributed by atoms with E-state index < -0.39 is 23.6 Å². The first-order valence-corrected chi connectivity index (χ1v) is 5.82. The third-order valence-electron chi connectivity index (χ3n) is 2.31. The molecule has 1 aromatic carbocycles. The lowest BCUT2D eigenvalue weighted by atomic mass is 10.1. The fourth-order valence-electron chi connectivity index (χ4n) is 1.71. The van der Waals surface area contributed by atoms with Crippen LogP contribution < -0.4 is 4.74 Å². The zero-order valence-electron chi connectivity index (χ0n) is 11.4. The van der Waals surface area contributed by atoms with Crippen LogP contribution in [0.4, 0.5) is 13.2 Å². The Hall–Kier alpha value is -1.76. The molecule has 0 unspecified atom stereocenters. The van der Waals surface area contributed by atoms with Crippen molar-refractivity contribution in [2.75, 3.05) is 13.6 Å². The highest BCUT2D eigenvalue weighted by Gasteiger charge is 2.33. The predicted molar refractivity (Wildman–Crippen MR) is 66.4 cm³/mol. The number of hydrogen-bond acceptors (Lipinski definition) is 3. The van der Waals surface area contributed by atoms with E-state index in [1.54, 1.807) is 0 Å². The molecule has 1 amide bonds. The molecule has 4 nitrogen and oxygen atoms in total. The number of halogens is 3. The van der Waals surface area contributed by atoms with Crippen molar-refractivity contribution in [3.8, 4) is 5.75 Å².